The third-order valence-corrected chi connectivity index (χ3v) is 5.20. The third kappa shape index (κ3) is 3.44. The molecule has 1 aliphatic heterocycles. The monoisotopic (exact) mass is 302 g/mol. The standard InChI is InChI=1S/C17H22N2OS/c1-12(19-17(20)13-6-8-18-9-7-13)10-14-11-21-16-5-3-2-4-15(14)16/h2-5,11-13,18H,6-10H2,1H3,(H,19,20)/t12-/m0/s1. The second kappa shape index (κ2) is 6.58. The lowest BCUT2D eigenvalue weighted by atomic mass is 9.96. The second-order valence-corrected chi connectivity index (χ2v) is 6.81. The zero-order valence-electron chi connectivity index (χ0n) is 12.4. The van der Waals surface area contributed by atoms with Gasteiger partial charge < -0.3 is 10.6 Å². The zero-order chi connectivity index (χ0) is 14.7. The smallest absolute Gasteiger partial charge is 0.223 e. The Morgan fingerprint density at radius 2 is 2.14 bits per heavy atom. The number of benzene rings is 1. The molecule has 1 aliphatic rings. The number of hydrogen-bond donors (Lipinski definition) is 2. The topological polar surface area (TPSA) is 41.1 Å². The third-order valence-electron chi connectivity index (χ3n) is 4.19. The predicted octanol–water partition coefficient (Wildman–Crippen LogP) is 2.95. The quantitative estimate of drug-likeness (QED) is 0.911. The van der Waals surface area contributed by atoms with E-state index in [1.165, 1.54) is 15.6 Å². The summed E-state index contributed by atoms with van der Waals surface area (Å²) in [6.45, 7) is 4.02. The van der Waals surface area contributed by atoms with Gasteiger partial charge in [0.1, 0.15) is 0 Å². The molecule has 1 aromatic carbocycles. The highest BCUT2D eigenvalue weighted by molar-refractivity contribution is 7.17. The normalized spacial score (nSPS) is 17.8. The van der Waals surface area contributed by atoms with Gasteiger partial charge in [0.2, 0.25) is 5.91 Å². The number of fused-ring (bicyclic) bond motifs is 1. The number of carbonyl (C=O) groups is 1. The van der Waals surface area contributed by atoms with Crippen molar-refractivity contribution in [2.45, 2.75) is 32.2 Å². The molecule has 2 N–H and O–H groups in total. The van der Waals surface area contributed by atoms with Crippen molar-refractivity contribution in [2.24, 2.45) is 5.92 Å². The number of amides is 1. The molecule has 1 atom stereocenters. The van der Waals surface area contributed by atoms with Crippen molar-refractivity contribution in [2.75, 3.05) is 13.1 Å². The van der Waals surface area contributed by atoms with Crippen molar-refractivity contribution in [3.05, 3.63) is 35.2 Å². The molecule has 1 fully saturated rings. The van der Waals surface area contributed by atoms with Crippen LogP contribution in [-0.4, -0.2) is 25.0 Å². The van der Waals surface area contributed by atoms with E-state index in [9.17, 15) is 4.79 Å². The minimum atomic E-state index is 0.186. The zero-order valence-corrected chi connectivity index (χ0v) is 13.2. The van der Waals surface area contributed by atoms with E-state index in [0.717, 1.165) is 32.4 Å². The lowest BCUT2D eigenvalue weighted by molar-refractivity contribution is -0.126. The van der Waals surface area contributed by atoms with Gasteiger partial charge >= 0.3 is 0 Å². The van der Waals surface area contributed by atoms with Gasteiger partial charge in [-0.2, -0.15) is 0 Å². The van der Waals surface area contributed by atoms with Gasteiger partial charge in [0, 0.05) is 16.7 Å². The van der Waals surface area contributed by atoms with Gasteiger partial charge in [-0.05, 0) is 61.7 Å². The van der Waals surface area contributed by atoms with Gasteiger partial charge in [-0.25, -0.2) is 0 Å². The Hall–Kier alpha value is -1.39. The molecule has 4 heteroatoms. The first-order valence-corrected chi connectivity index (χ1v) is 8.58. The summed E-state index contributed by atoms with van der Waals surface area (Å²) >= 11 is 1.78. The molecule has 1 saturated heterocycles. The molecule has 0 aliphatic carbocycles. The molecular weight excluding hydrogens is 280 g/mol. The summed E-state index contributed by atoms with van der Waals surface area (Å²) in [4.78, 5) is 12.3. The van der Waals surface area contributed by atoms with Crippen molar-refractivity contribution in [1.29, 1.82) is 0 Å². The maximum Gasteiger partial charge on any atom is 0.223 e. The first-order valence-electron chi connectivity index (χ1n) is 7.70. The van der Waals surface area contributed by atoms with Crippen LogP contribution >= 0.6 is 11.3 Å². The molecule has 1 aromatic heterocycles. The fourth-order valence-corrected chi connectivity index (χ4v) is 3.99. The Morgan fingerprint density at radius 1 is 1.38 bits per heavy atom. The van der Waals surface area contributed by atoms with E-state index in [4.69, 9.17) is 0 Å². The maximum absolute atomic E-state index is 12.3. The van der Waals surface area contributed by atoms with Crippen LogP contribution in [0.4, 0.5) is 0 Å². The molecule has 0 unspecified atom stereocenters. The molecular formula is C17H22N2OS. The van der Waals surface area contributed by atoms with E-state index < -0.39 is 0 Å². The van der Waals surface area contributed by atoms with Gasteiger partial charge in [-0.1, -0.05) is 18.2 Å². The Morgan fingerprint density at radius 3 is 2.95 bits per heavy atom. The van der Waals surface area contributed by atoms with E-state index in [1.807, 2.05) is 0 Å². The number of rotatable bonds is 4. The minimum Gasteiger partial charge on any atom is -0.353 e. The fourth-order valence-electron chi connectivity index (χ4n) is 3.02. The highest BCUT2D eigenvalue weighted by atomic mass is 32.1. The molecule has 3 nitrogen and oxygen atoms in total. The Bertz CT molecular complexity index is 616. The molecule has 0 spiro atoms. The van der Waals surface area contributed by atoms with Crippen molar-refractivity contribution in [3.8, 4) is 0 Å². The highest BCUT2D eigenvalue weighted by Crippen LogP contribution is 2.26. The number of carbonyl (C=O) groups excluding carboxylic acids is 1. The first-order chi connectivity index (χ1) is 10.2. The minimum absolute atomic E-state index is 0.186. The first kappa shape index (κ1) is 14.5. The summed E-state index contributed by atoms with van der Waals surface area (Å²) in [7, 11) is 0. The van der Waals surface area contributed by atoms with Gasteiger partial charge in [-0.3, -0.25) is 4.79 Å². The number of nitrogens with one attached hydrogen (secondary N) is 2. The van der Waals surface area contributed by atoms with Crippen LogP contribution in [0, 0.1) is 5.92 Å². The lowest BCUT2D eigenvalue weighted by Crippen LogP contribution is -2.42. The maximum atomic E-state index is 12.3. The average molecular weight is 302 g/mol. The summed E-state index contributed by atoms with van der Waals surface area (Å²) in [6.07, 6.45) is 2.82. The summed E-state index contributed by atoms with van der Waals surface area (Å²) < 4.78 is 1.32. The predicted molar refractivity (Wildman–Crippen MR) is 88.7 cm³/mol. The number of hydrogen-bond acceptors (Lipinski definition) is 3. The van der Waals surface area contributed by atoms with Crippen LogP contribution < -0.4 is 10.6 Å². The van der Waals surface area contributed by atoms with Crippen LogP contribution in [0.1, 0.15) is 25.3 Å². The SMILES string of the molecule is C[C@@H](Cc1csc2ccccc12)NC(=O)C1CCNCC1. The molecule has 112 valence electrons. The van der Waals surface area contributed by atoms with Crippen LogP contribution in [0.3, 0.4) is 0 Å². The highest BCUT2D eigenvalue weighted by Gasteiger charge is 2.22. The molecule has 21 heavy (non-hydrogen) atoms. The van der Waals surface area contributed by atoms with Crippen molar-refractivity contribution in [1.82, 2.24) is 10.6 Å². The van der Waals surface area contributed by atoms with Gasteiger partial charge in [0.25, 0.3) is 0 Å². The van der Waals surface area contributed by atoms with Crippen LogP contribution in [0.25, 0.3) is 10.1 Å². The summed E-state index contributed by atoms with van der Waals surface area (Å²) in [5, 5.41) is 10.0. The molecule has 2 heterocycles. The molecule has 2 aromatic rings. The van der Waals surface area contributed by atoms with Crippen LogP contribution in [0.5, 0.6) is 0 Å². The Balaban J connectivity index is 1.60. The molecule has 1 amide bonds. The van der Waals surface area contributed by atoms with Gasteiger partial charge in [0.05, 0.1) is 0 Å². The summed E-state index contributed by atoms with van der Waals surface area (Å²) in [6, 6.07) is 8.66. The largest absolute Gasteiger partial charge is 0.353 e. The lowest BCUT2D eigenvalue weighted by Gasteiger charge is -2.24. The molecule has 0 saturated carbocycles. The van der Waals surface area contributed by atoms with Gasteiger partial charge in [0.15, 0.2) is 0 Å². The van der Waals surface area contributed by atoms with E-state index in [2.05, 4.69) is 47.2 Å². The van der Waals surface area contributed by atoms with Crippen LogP contribution in [0.15, 0.2) is 29.6 Å². The average Bonchev–Trinajstić information content (AvgIpc) is 2.91. The number of piperidine rings is 1. The summed E-state index contributed by atoms with van der Waals surface area (Å²) in [5.74, 6) is 0.413. The second-order valence-electron chi connectivity index (χ2n) is 5.90. The fraction of sp³-hybridized carbons (Fsp3) is 0.471. The molecule has 0 bridgehead atoms. The number of thiophene rings is 1. The van der Waals surface area contributed by atoms with Gasteiger partial charge in [-0.15, -0.1) is 11.3 Å². The molecule has 3 rings (SSSR count). The van der Waals surface area contributed by atoms with E-state index in [-0.39, 0.29) is 17.9 Å². The van der Waals surface area contributed by atoms with E-state index in [1.54, 1.807) is 11.3 Å². The van der Waals surface area contributed by atoms with Crippen LogP contribution in [0.2, 0.25) is 0 Å². The summed E-state index contributed by atoms with van der Waals surface area (Å²) in [5.41, 5.74) is 1.34. The van der Waals surface area contributed by atoms with E-state index >= 15 is 0 Å². The van der Waals surface area contributed by atoms with Crippen molar-refractivity contribution >= 4 is 27.3 Å². The Kier molecular flexibility index (Phi) is 4.56. The van der Waals surface area contributed by atoms with Crippen molar-refractivity contribution < 1.29 is 4.79 Å². The van der Waals surface area contributed by atoms with Crippen molar-refractivity contribution in [3.63, 3.8) is 0 Å². The van der Waals surface area contributed by atoms with E-state index in [0.29, 0.717) is 0 Å². The molecule has 0 radical (unpaired) electrons. The van der Waals surface area contributed by atoms with Crippen LogP contribution in [-0.2, 0) is 11.2 Å². The Labute approximate surface area is 129 Å².